The SMILES string of the molecule is Cc1cc(Br)ccc1OCC(=O)N/N=C/c1cccc(OCc2ccccc2)c1. The first-order valence-corrected chi connectivity index (χ1v) is 9.87. The smallest absolute Gasteiger partial charge is 0.277 e. The molecule has 3 rings (SSSR count). The maximum Gasteiger partial charge on any atom is 0.277 e. The molecule has 0 saturated carbocycles. The van der Waals surface area contributed by atoms with E-state index in [-0.39, 0.29) is 12.5 Å². The highest BCUT2D eigenvalue weighted by molar-refractivity contribution is 9.10. The van der Waals surface area contributed by atoms with E-state index in [4.69, 9.17) is 9.47 Å². The number of aryl methyl sites for hydroxylation is 1. The third-order valence-electron chi connectivity index (χ3n) is 4.01. The standard InChI is InChI=1S/C23H21BrN2O3/c1-17-12-20(24)10-11-22(17)29-16-23(27)26-25-14-19-8-5-9-21(13-19)28-15-18-6-3-2-4-7-18/h2-14H,15-16H2,1H3,(H,26,27)/b25-14+. The monoisotopic (exact) mass is 452 g/mol. The highest BCUT2D eigenvalue weighted by Gasteiger charge is 2.04. The van der Waals surface area contributed by atoms with E-state index in [9.17, 15) is 4.79 Å². The van der Waals surface area contributed by atoms with Crippen molar-refractivity contribution in [2.24, 2.45) is 5.10 Å². The molecule has 3 aromatic carbocycles. The van der Waals surface area contributed by atoms with Crippen molar-refractivity contribution in [2.45, 2.75) is 13.5 Å². The van der Waals surface area contributed by atoms with Crippen molar-refractivity contribution in [3.05, 3.63) is 94.0 Å². The molecule has 0 atom stereocenters. The molecule has 0 bridgehead atoms. The number of nitrogens with zero attached hydrogens (tertiary/aromatic N) is 1. The minimum absolute atomic E-state index is 0.111. The Kier molecular flexibility index (Phi) is 7.41. The van der Waals surface area contributed by atoms with Gasteiger partial charge in [-0.1, -0.05) is 58.4 Å². The molecule has 0 spiro atoms. The Bertz CT molecular complexity index is 990. The molecule has 1 amide bonds. The van der Waals surface area contributed by atoms with Gasteiger partial charge in [-0.05, 0) is 53.9 Å². The normalized spacial score (nSPS) is 10.7. The summed E-state index contributed by atoms with van der Waals surface area (Å²) >= 11 is 3.40. The van der Waals surface area contributed by atoms with Gasteiger partial charge in [0.2, 0.25) is 0 Å². The molecule has 3 aromatic rings. The summed E-state index contributed by atoms with van der Waals surface area (Å²) in [4.78, 5) is 11.9. The van der Waals surface area contributed by atoms with Gasteiger partial charge in [0.25, 0.3) is 5.91 Å². The van der Waals surface area contributed by atoms with Crippen LogP contribution in [0.2, 0.25) is 0 Å². The molecule has 5 nitrogen and oxygen atoms in total. The third-order valence-corrected chi connectivity index (χ3v) is 4.50. The van der Waals surface area contributed by atoms with Crippen LogP contribution >= 0.6 is 15.9 Å². The summed E-state index contributed by atoms with van der Waals surface area (Å²) in [6.07, 6.45) is 1.57. The Morgan fingerprint density at radius 1 is 1.03 bits per heavy atom. The summed E-state index contributed by atoms with van der Waals surface area (Å²) in [5.41, 5.74) is 5.33. The first-order chi connectivity index (χ1) is 14.1. The fourth-order valence-corrected chi connectivity index (χ4v) is 3.03. The average Bonchev–Trinajstić information content (AvgIpc) is 2.73. The predicted octanol–water partition coefficient (Wildman–Crippen LogP) is 4.87. The van der Waals surface area contributed by atoms with Gasteiger partial charge >= 0.3 is 0 Å². The highest BCUT2D eigenvalue weighted by Crippen LogP contribution is 2.22. The number of nitrogens with one attached hydrogen (secondary N) is 1. The number of amides is 1. The molecule has 6 heteroatoms. The van der Waals surface area contributed by atoms with Gasteiger partial charge in [-0.25, -0.2) is 5.43 Å². The minimum Gasteiger partial charge on any atom is -0.489 e. The van der Waals surface area contributed by atoms with Crippen LogP contribution in [0, 0.1) is 6.92 Å². The van der Waals surface area contributed by atoms with E-state index < -0.39 is 0 Å². The van der Waals surface area contributed by atoms with Crippen LogP contribution < -0.4 is 14.9 Å². The summed E-state index contributed by atoms with van der Waals surface area (Å²) in [7, 11) is 0. The zero-order valence-electron chi connectivity index (χ0n) is 16.0. The van der Waals surface area contributed by atoms with Gasteiger partial charge in [0.1, 0.15) is 18.1 Å². The molecule has 0 heterocycles. The van der Waals surface area contributed by atoms with E-state index in [0.717, 1.165) is 26.9 Å². The predicted molar refractivity (Wildman–Crippen MR) is 117 cm³/mol. The molecule has 0 aliphatic rings. The van der Waals surface area contributed by atoms with Crippen molar-refractivity contribution >= 4 is 28.1 Å². The van der Waals surface area contributed by atoms with Gasteiger partial charge in [0, 0.05) is 4.47 Å². The average molecular weight is 453 g/mol. The van der Waals surface area contributed by atoms with E-state index in [2.05, 4.69) is 26.5 Å². The zero-order chi connectivity index (χ0) is 20.5. The van der Waals surface area contributed by atoms with Gasteiger partial charge in [-0.2, -0.15) is 5.10 Å². The van der Waals surface area contributed by atoms with Crippen molar-refractivity contribution in [3.8, 4) is 11.5 Å². The maximum atomic E-state index is 11.9. The number of ether oxygens (including phenoxy) is 2. The third kappa shape index (κ3) is 6.76. The molecule has 0 unspecified atom stereocenters. The molecular formula is C23H21BrN2O3. The van der Waals surface area contributed by atoms with Crippen LogP contribution in [-0.2, 0) is 11.4 Å². The lowest BCUT2D eigenvalue weighted by Crippen LogP contribution is -2.24. The van der Waals surface area contributed by atoms with E-state index in [0.29, 0.717) is 12.4 Å². The summed E-state index contributed by atoms with van der Waals surface area (Å²) in [5, 5.41) is 3.98. The number of carbonyl (C=O) groups is 1. The Labute approximate surface area is 178 Å². The van der Waals surface area contributed by atoms with Crippen LogP contribution in [0.25, 0.3) is 0 Å². The van der Waals surface area contributed by atoms with Gasteiger partial charge in [-0.3, -0.25) is 4.79 Å². The summed E-state index contributed by atoms with van der Waals surface area (Å²) in [5.74, 6) is 1.06. The van der Waals surface area contributed by atoms with Crippen LogP contribution in [0.1, 0.15) is 16.7 Å². The van der Waals surface area contributed by atoms with Crippen LogP contribution in [0.4, 0.5) is 0 Å². The number of rotatable bonds is 8. The number of benzene rings is 3. The first-order valence-electron chi connectivity index (χ1n) is 9.08. The fourth-order valence-electron chi connectivity index (χ4n) is 2.55. The van der Waals surface area contributed by atoms with E-state index in [1.54, 1.807) is 6.21 Å². The minimum atomic E-state index is -0.333. The second kappa shape index (κ2) is 10.4. The van der Waals surface area contributed by atoms with Crippen LogP contribution in [-0.4, -0.2) is 18.7 Å². The molecule has 29 heavy (non-hydrogen) atoms. The van der Waals surface area contributed by atoms with Crippen molar-refractivity contribution < 1.29 is 14.3 Å². The van der Waals surface area contributed by atoms with E-state index in [1.165, 1.54) is 0 Å². The largest absolute Gasteiger partial charge is 0.489 e. The van der Waals surface area contributed by atoms with Crippen molar-refractivity contribution in [3.63, 3.8) is 0 Å². The molecule has 148 valence electrons. The summed E-state index contributed by atoms with van der Waals surface area (Å²) in [6, 6.07) is 23.1. The second-order valence-corrected chi connectivity index (χ2v) is 7.25. The lowest BCUT2D eigenvalue weighted by atomic mass is 10.2. The van der Waals surface area contributed by atoms with E-state index >= 15 is 0 Å². The lowest BCUT2D eigenvalue weighted by Gasteiger charge is -2.08. The topological polar surface area (TPSA) is 59.9 Å². The molecule has 0 saturated heterocycles. The second-order valence-electron chi connectivity index (χ2n) is 6.34. The Morgan fingerprint density at radius 3 is 2.66 bits per heavy atom. The van der Waals surface area contributed by atoms with Gasteiger partial charge in [0.05, 0.1) is 6.21 Å². The molecule has 0 fully saturated rings. The van der Waals surface area contributed by atoms with Gasteiger partial charge in [0.15, 0.2) is 6.61 Å². The van der Waals surface area contributed by atoms with Crippen LogP contribution in [0.3, 0.4) is 0 Å². The lowest BCUT2D eigenvalue weighted by molar-refractivity contribution is -0.123. The molecule has 0 aliphatic carbocycles. The molecular weight excluding hydrogens is 432 g/mol. The van der Waals surface area contributed by atoms with Crippen LogP contribution in [0.15, 0.2) is 82.4 Å². The number of hydrogen-bond donors (Lipinski definition) is 1. The molecule has 0 aromatic heterocycles. The Morgan fingerprint density at radius 2 is 1.86 bits per heavy atom. The van der Waals surface area contributed by atoms with Crippen molar-refractivity contribution in [1.29, 1.82) is 0 Å². The number of halogens is 1. The van der Waals surface area contributed by atoms with Crippen molar-refractivity contribution in [1.82, 2.24) is 5.43 Å². The molecule has 0 radical (unpaired) electrons. The Balaban J connectivity index is 1.47. The number of carbonyl (C=O) groups excluding carboxylic acids is 1. The number of hydrogen-bond acceptors (Lipinski definition) is 4. The Hall–Kier alpha value is -3.12. The summed E-state index contributed by atoms with van der Waals surface area (Å²) < 4.78 is 12.3. The molecule has 0 aliphatic heterocycles. The van der Waals surface area contributed by atoms with Gasteiger partial charge < -0.3 is 9.47 Å². The maximum absolute atomic E-state index is 11.9. The first kappa shape index (κ1) is 20.6. The van der Waals surface area contributed by atoms with Crippen LogP contribution in [0.5, 0.6) is 11.5 Å². The van der Waals surface area contributed by atoms with E-state index in [1.807, 2.05) is 79.7 Å². The van der Waals surface area contributed by atoms with Crippen molar-refractivity contribution in [2.75, 3.05) is 6.61 Å². The zero-order valence-corrected chi connectivity index (χ0v) is 17.6. The summed E-state index contributed by atoms with van der Waals surface area (Å²) in [6.45, 7) is 2.30. The molecule has 1 N–H and O–H groups in total. The van der Waals surface area contributed by atoms with Gasteiger partial charge in [-0.15, -0.1) is 0 Å². The quantitative estimate of drug-likeness (QED) is 0.391. The number of hydrazone groups is 1. The highest BCUT2D eigenvalue weighted by atomic mass is 79.9. The fraction of sp³-hybridized carbons (Fsp3) is 0.130.